The molecule has 2 fully saturated rings. The summed E-state index contributed by atoms with van der Waals surface area (Å²) in [5.41, 5.74) is 1.53. The van der Waals surface area contributed by atoms with Crippen molar-refractivity contribution in [2.24, 2.45) is 17.3 Å². The molecule has 3 unspecified atom stereocenters. The number of fused-ring (bicyclic) bond motifs is 6. The molecule has 6 heterocycles. The number of nitrogens with zero attached hydrogens (tertiary/aromatic N) is 3. The number of hydrogen-bond acceptors (Lipinski definition) is 10. The van der Waals surface area contributed by atoms with Crippen LogP contribution >= 0.6 is 0 Å². The lowest BCUT2D eigenvalue weighted by Gasteiger charge is -2.64. The Kier molecular flexibility index (Phi) is 8.97. The highest BCUT2D eigenvalue weighted by molar-refractivity contribution is 5.99. The summed E-state index contributed by atoms with van der Waals surface area (Å²) in [5, 5.41) is 25.6. The minimum absolute atomic E-state index is 0.0138. The SMILES string of the molecule is CCC1=CC2CN(C1)Cc1c([nH]c3ccccc13)[C@@](C(=O)CO)(c1cc3c(cc1OC)N(C)[C@H]1[C@@](O)(C(=O)OC)[C@H](CC(C)=O)[C@]4(CC)C=CCN5CC[C@]31C54)C2. The van der Waals surface area contributed by atoms with Crippen LogP contribution in [0.4, 0.5) is 5.69 Å². The zero-order valence-electron chi connectivity index (χ0n) is 34.1. The zero-order valence-corrected chi connectivity index (χ0v) is 34.1. The number of carbonyl (C=O) groups excluding carboxylic acids is 3. The number of Topliss-reactive ketones (excluding diaryl/α,β-unsaturated/α-hetero) is 2. The second-order valence-corrected chi connectivity index (χ2v) is 17.7. The number of aliphatic hydroxyl groups excluding tert-OH is 1. The minimum Gasteiger partial charge on any atom is -0.496 e. The molecular formula is C46H56N4O7. The number of anilines is 1. The van der Waals surface area contributed by atoms with Crippen LogP contribution in [0, 0.1) is 17.3 Å². The summed E-state index contributed by atoms with van der Waals surface area (Å²) in [7, 11) is 4.85. The van der Waals surface area contributed by atoms with Crippen molar-refractivity contribution >= 4 is 34.1 Å². The maximum atomic E-state index is 15.2. The summed E-state index contributed by atoms with van der Waals surface area (Å²) in [5.74, 6) is -1.40. The number of nitrogens with one attached hydrogen (secondary N) is 1. The molecular weight excluding hydrogens is 721 g/mol. The van der Waals surface area contributed by atoms with Gasteiger partial charge in [0.2, 0.25) is 0 Å². The third kappa shape index (κ3) is 4.89. The first kappa shape index (κ1) is 38.2. The fraction of sp³-hybridized carbons (Fsp3) is 0.543. The van der Waals surface area contributed by atoms with E-state index < -0.39 is 46.4 Å². The van der Waals surface area contributed by atoms with Gasteiger partial charge < -0.3 is 34.4 Å². The van der Waals surface area contributed by atoms with Gasteiger partial charge in [0.25, 0.3) is 0 Å². The van der Waals surface area contributed by atoms with Crippen LogP contribution in [0.15, 0.2) is 60.2 Å². The van der Waals surface area contributed by atoms with Gasteiger partial charge in [0.15, 0.2) is 11.4 Å². The van der Waals surface area contributed by atoms with Gasteiger partial charge in [0.1, 0.15) is 23.6 Å². The molecule has 9 rings (SSSR count). The molecule has 0 amide bonds. The number of rotatable bonds is 9. The Morgan fingerprint density at radius 3 is 2.54 bits per heavy atom. The van der Waals surface area contributed by atoms with Crippen molar-refractivity contribution in [1.29, 1.82) is 0 Å². The highest BCUT2D eigenvalue weighted by Crippen LogP contribution is 2.70. The quantitative estimate of drug-likeness (QED) is 0.206. The van der Waals surface area contributed by atoms with Crippen molar-refractivity contribution in [2.45, 2.75) is 87.9 Å². The van der Waals surface area contributed by atoms with Gasteiger partial charge in [-0.05, 0) is 68.3 Å². The summed E-state index contributed by atoms with van der Waals surface area (Å²) >= 11 is 0. The van der Waals surface area contributed by atoms with E-state index >= 15 is 4.79 Å². The lowest BCUT2D eigenvalue weighted by Crippen LogP contribution is -2.78. The number of carbonyl (C=O) groups is 3. The van der Waals surface area contributed by atoms with Gasteiger partial charge in [-0.3, -0.25) is 14.6 Å². The Hall–Kier alpha value is -4.29. The van der Waals surface area contributed by atoms with Crippen LogP contribution in [0.25, 0.3) is 10.9 Å². The van der Waals surface area contributed by atoms with E-state index in [1.807, 2.05) is 36.2 Å². The summed E-state index contributed by atoms with van der Waals surface area (Å²) in [6, 6.07) is 11.4. The molecule has 1 saturated heterocycles. The Balaban J connectivity index is 1.37. The largest absolute Gasteiger partial charge is 0.496 e. The number of hydrogen-bond donors (Lipinski definition) is 3. The van der Waals surface area contributed by atoms with E-state index in [0.29, 0.717) is 43.7 Å². The molecule has 11 heteroatoms. The maximum Gasteiger partial charge on any atom is 0.340 e. The number of esters is 1. The van der Waals surface area contributed by atoms with Crippen LogP contribution in [-0.2, 0) is 36.5 Å². The van der Waals surface area contributed by atoms with Crippen LogP contribution in [0.3, 0.4) is 0 Å². The lowest BCUT2D eigenvalue weighted by atomic mass is 9.44. The fourth-order valence-corrected chi connectivity index (χ4v) is 13.4. The molecule has 1 saturated carbocycles. The van der Waals surface area contributed by atoms with Crippen LogP contribution in [0.1, 0.15) is 75.3 Å². The number of benzene rings is 2. The van der Waals surface area contributed by atoms with Crippen molar-refractivity contribution in [2.75, 3.05) is 59.0 Å². The van der Waals surface area contributed by atoms with Gasteiger partial charge in [0.05, 0.1) is 20.3 Å². The van der Waals surface area contributed by atoms with Gasteiger partial charge in [-0.1, -0.05) is 55.8 Å². The minimum atomic E-state index is -2.07. The van der Waals surface area contributed by atoms with E-state index in [1.54, 1.807) is 7.11 Å². The molecule has 57 heavy (non-hydrogen) atoms. The van der Waals surface area contributed by atoms with Gasteiger partial charge >= 0.3 is 5.97 Å². The predicted molar refractivity (Wildman–Crippen MR) is 217 cm³/mol. The molecule has 1 spiro atoms. The van der Waals surface area contributed by atoms with Crippen molar-refractivity contribution in [3.8, 4) is 5.75 Å². The van der Waals surface area contributed by atoms with E-state index in [-0.39, 0.29) is 29.9 Å². The Morgan fingerprint density at radius 2 is 1.84 bits per heavy atom. The highest BCUT2D eigenvalue weighted by atomic mass is 16.5. The Labute approximate surface area is 334 Å². The number of ketones is 2. The molecule has 1 aromatic heterocycles. The standard InChI is InChI=1S/C46H56N4O7/c1-7-28-19-29-22-45(38(53)26-51,39-31(25-49(23-28)24-29)30-12-9-10-13-34(30)47-39)33-20-32-35(21-36(33)56-5)48(4)41-44(32)15-17-50-16-11-14-43(8-2,40(44)50)37(18-27(3)52)46(41,55)42(54)57-6/h9-14,19-21,29,37,40-41,47,51,55H,7-8,15-18,22-26H2,1-6H3/t29?,37-,40?,41-,43+,44-,45-,46-/m1/s1. The molecule has 6 aliphatic rings. The second kappa shape index (κ2) is 13.4. The molecule has 2 bridgehead atoms. The van der Waals surface area contributed by atoms with E-state index in [2.05, 4.69) is 59.0 Å². The third-order valence-electron chi connectivity index (χ3n) is 15.3. The number of H-pyrrole nitrogens is 1. The molecule has 0 radical (unpaired) electrons. The number of likely N-dealkylation sites (N-methyl/N-ethyl adjacent to an activating group) is 1. The molecule has 3 N–H and O–H groups in total. The smallest absolute Gasteiger partial charge is 0.340 e. The van der Waals surface area contributed by atoms with E-state index in [0.717, 1.165) is 59.5 Å². The monoisotopic (exact) mass is 776 g/mol. The number of aromatic amines is 1. The summed E-state index contributed by atoms with van der Waals surface area (Å²) < 4.78 is 11.9. The number of ether oxygens (including phenoxy) is 2. The summed E-state index contributed by atoms with van der Waals surface area (Å²) in [6.07, 6.45) is 9.23. The molecule has 5 aliphatic heterocycles. The number of aromatic nitrogens is 1. The predicted octanol–water partition coefficient (Wildman–Crippen LogP) is 4.81. The maximum absolute atomic E-state index is 15.2. The van der Waals surface area contributed by atoms with E-state index in [1.165, 1.54) is 19.6 Å². The Morgan fingerprint density at radius 1 is 1.05 bits per heavy atom. The average Bonchev–Trinajstić information content (AvgIpc) is 3.87. The molecule has 11 nitrogen and oxygen atoms in total. The first-order valence-corrected chi connectivity index (χ1v) is 20.7. The van der Waals surface area contributed by atoms with Gasteiger partial charge in [-0.2, -0.15) is 0 Å². The fourth-order valence-electron chi connectivity index (χ4n) is 13.4. The number of methoxy groups -OCH3 is 2. The van der Waals surface area contributed by atoms with E-state index in [9.17, 15) is 19.8 Å². The zero-order chi connectivity index (χ0) is 40.2. The third-order valence-corrected chi connectivity index (χ3v) is 15.3. The van der Waals surface area contributed by atoms with Gasteiger partial charge in [-0.25, -0.2) is 4.79 Å². The first-order valence-electron chi connectivity index (χ1n) is 20.7. The Bertz CT molecular complexity index is 2250. The van der Waals surface area contributed by atoms with Crippen molar-refractivity contribution in [3.63, 3.8) is 0 Å². The van der Waals surface area contributed by atoms with Crippen molar-refractivity contribution in [3.05, 3.63) is 82.6 Å². The number of aliphatic hydroxyl groups is 2. The molecule has 302 valence electrons. The molecule has 9 atom stereocenters. The lowest BCUT2D eigenvalue weighted by molar-refractivity contribution is -0.201. The van der Waals surface area contributed by atoms with Crippen LogP contribution in [-0.4, -0.2) is 114 Å². The van der Waals surface area contributed by atoms with Crippen molar-refractivity contribution in [1.82, 2.24) is 14.8 Å². The molecule has 1 aliphatic carbocycles. The highest BCUT2D eigenvalue weighted by Gasteiger charge is 2.79. The molecule has 3 aromatic rings. The topological polar surface area (TPSA) is 136 Å². The normalized spacial score (nSPS) is 35.1. The van der Waals surface area contributed by atoms with Gasteiger partial charge in [-0.15, -0.1) is 0 Å². The van der Waals surface area contributed by atoms with Crippen LogP contribution in [0.5, 0.6) is 5.75 Å². The number of para-hydroxylation sites is 1. The summed E-state index contributed by atoms with van der Waals surface area (Å²) in [4.78, 5) is 53.5. The average molecular weight is 777 g/mol. The van der Waals surface area contributed by atoms with E-state index in [4.69, 9.17) is 9.47 Å². The molecule has 2 aromatic carbocycles. The van der Waals surface area contributed by atoms with Gasteiger partial charge in [0, 0.05) is 96.4 Å². The van der Waals surface area contributed by atoms with Crippen LogP contribution < -0.4 is 9.64 Å². The van der Waals surface area contributed by atoms with Crippen molar-refractivity contribution < 1.29 is 34.1 Å². The summed E-state index contributed by atoms with van der Waals surface area (Å²) in [6.45, 7) is 8.85. The second-order valence-electron chi connectivity index (χ2n) is 17.7. The first-order chi connectivity index (χ1) is 27.4. The van der Waals surface area contributed by atoms with Crippen LogP contribution in [0.2, 0.25) is 0 Å².